The van der Waals surface area contributed by atoms with Gasteiger partial charge in [-0.15, -0.1) is 0 Å². The van der Waals surface area contributed by atoms with E-state index in [1.807, 2.05) is 0 Å². The fourth-order valence-corrected chi connectivity index (χ4v) is 1.06. The quantitative estimate of drug-likeness (QED) is 0.615. The van der Waals surface area contributed by atoms with Gasteiger partial charge < -0.3 is 5.11 Å². The summed E-state index contributed by atoms with van der Waals surface area (Å²) in [6, 6.07) is 1.23. The largest absolute Gasteiger partial charge is 0.390 e. The van der Waals surface area contributed by atoms with Crippen LogP contribution in [0.25, 0.3) is 0 Å². The summed E-state index contributed by atoms with van der Waals surface area (Å²) in [6.45, 7) is -0.298. The van der Waals surface area contributed by atoms with E-state index in [1.54, 1.807) is 0 Å². The zero-order valence-corrected chi connectivity index (χ0v) is 7.48. The van der Waals surface area contributed by atoms with Crippen LogP contribution in [0.1, 0.15) is 5.69 Å². The fourth-order valence-electron chi connectivity index (χ4n) is 0.696. The van der Waals surface area contributed by atoms with Gasteiger partial charge in [-0.1, -0.05) is 0 Å². The molecule has 1 aromatic heterocycles. The minimum Gasteiger partial charge on any atom is -0.390 e. The summed E-state index contributed by atoms with van der Waals surface area (Å²) >= 11 is 2.97. The number of pyridine rings is 1. The molecule has 5 nitrogen and oxygen atoms in total. The maximum Gasteiger partial charge on any atom is 0.286 e. The molecule has 0 aliphatic rings. The molecule has 0 saturated carbocycles. The van der Waals surface area contributed by atoms with Crippen LogP contribution in [0.15, 0.2) is 16.7 Å². The highest BCUT2D eigenvalue weighted by Gasteiger charge is 2.12. The van der Waals surface area contributed by atoms with Gasteiger partial charge in [0, 0.05) is 12.3 Å². The van der Waals surface area contributed by atoms with E-state index >= 15 is 0 Å². The Balaban J connectivity index is 3.17. The first kappa shape index (κ1) is 9.08. The Bertz CT molecular complexity index is 316. The minimum absolute atomic E-state index is 0.0888. The van der Waals surface area contributed by atoms with Crippen LogP contribution in [0.5, 0.6) is 0 Å². The van der Waals surface area contributed by atoms with Crippen molar-refractivity contribution >= 4 is 21.6 Å². The van der Waals surface area contributed by atoms with Crippen LogP contribution in [-0.4, -0.2) is 15.0 Å². The summed E-state index contributed by atoms with van der Waals surface area (Å²) in [7, 11) is 0. The van der Waals surface area contributed by atoms with Gasteiger partial charge in [0.05, 0.1) is 17.2 Å². The second-order valence-corrected chi connectivity index (χ2v) is 2.90. The highest BCUT2D eigenvalue weighted by atomic mass is 79.9. The number of rotatable bonds is 2. The molecule has 0 aromatic carbocycles. The first-order valence-electron chi connectivity index (χ1n) is 3.05. The fraction of sp³-hybridized carbons (Fsp3) is 0.167. The van der Waals surface area contributed by atoms with Gasteiger partial charge in [0.2, 0.25) is 0 Å². The number of hydrogen-bond donors (Lipinski definition) is 1. The van der Waals surface area contributed by atoms with Crippen molar-refractivity contribution in [3.05, 3.63) is 32.5 Å². The summed E-state index contributed by atoms with van der Waals surface area (Å²) < 4.78 is 0.310. The topological polar surface area (TPSA) is 76.3 Å². The summed E-state index contributed by atoms with van der Waals surface area (Å²) in [6.07, 6.45) is 1.30. The molecular formula is C6H5BrN2O3. The van der Waals surface area contributed by atoms with Crippen molar-refractivity contribution in [2.75, 3.05) is 0 Å². The van der Waals surface area contributed by atoms with Crippen LogP contribution in [0.4, 0.5) is 5.69 Å². The van der Waals surface area contributed by atoms with Crippen LogP contribution in [0.3, 0.4) is 0 Å². The molecule has 0 saturated heterocycles. The van der Waals surface area contributed by atoms with Crippen molar-refractivity contribution in [3.8, 4) is 0 Å². The minimum atomic E-state index is -0.537. The lowest BCUT2D eigenvalue weighted by atomic mass is 10.3. The summed E-state index contributed by atoms with van der Waals surface area (Å²) in [5, 5.41) is 19.0. The number of nitrogens with zero attached hydrogens (tertiary/aromatic N) is 2. The Labute approximate surface area is 76.3 Å². The van der Waals surface area contributed by atoms with E-state index in [2.05, 4.69) is 20.9 Å². The van der Waals surface area contributed by atoms with E-state index < -0.39 is 4.92 Å². The van der Waals surface area contributed by atoms with E-state index in [0.717, 1.165) is 0 Å². The van der Waals surface area contributed by atoms with E-state index in [-0.39, 0.29) is 18.0 Å². The standard InChI is InChI=1S/C6H5BrN2O3/c7-5-2-8-4(3-10)1-6(5)9(11)12/h1-2,10H,3H2. The molecule has 0 atom stereocenters. The van der Waals surface area contributed by atoms with Crippen LogP contribution < -0.4 is 0 Å². The van der Waals surface area contributed by atoms with Gasteiger partial charge in [-0.2, -0.15) is 0 Å². The second kappa shape index (κ2) is 3.59. The van der Waals surface area contributed by atoms with Crippen molar-refractivity contribution in [2.24, 2.45) is 0 Å². The molecule has 0 bridgehead atoms. The molecule has 1 rings (SSSR count). The lowest BCUT2D eigenvalue weighted by Crippen LogP contribution is -1.94. The number of hydrogen-bond acceptors (Lipinski definition) is 4. The van der Waals surface area contributed by atoms with Gasteiger partial charge in [0.1, 0.15) is 4.47 Å². The molecule has 0 amide bonds. The Morgan fingerprint density at radius 1 is 1.75 bits per heavy atom. The monoisotopic (exact) mass is 232 g/mol. The Morgan fingerprint density at radius 2 is 2.42 bits per heavy atom. The highest BCUT2D eigenvalue weighted by molar-refractivity contribution is 9.10. The van der Waals surface area contributed by atoms with Crippen LogP contribution in [-0.2, 0) is 6.61 Å². The molecule has 12 heavy (non-hydrogen) atoms. The third-order valence-corrected chi connectivity index (χ3v) is 1.86. The number of aliphatic hydroxyl groups is 1. The van der Waals surface area contributed by atoms with Crippen molar-refractivity contribution in [1.82, 2.24) is 4.98 Å². The third kappa shape index (κ3) is 1.77. The van der Waals surface area contributed by atoms with Gasteiger partial charge in [0.25, 0.3) is 5.69 Å². The van der Waals surface area contributed by atoms with Gasteiger partial charge in [-0.25, -0.2) is 0 Å². The van der Waals surface area contributed by atoms with Crippen molar-refractivity contribution in [3.63, 3.8) is 0 Å². The molecule has 0 aliphatic heterocycles. The molecule has 0 radical (unpaired) electrons. The zero-order chi connectivity index (χ0) is 9.14. The maximum absolute atomic E-state index is 10.4. The first-order chi connectivity index (χ1) is 5.65. The summed E-state index contributed by atoms with van der Waals surface area (Å²) in [5.74, 6) is 0. The molecule has 0 aliphatic carbocycles. The Morgan fingerprint density at radius 3 is 2.92 bits per heavy atom. The average molecular weight is 233 g/mol. The number of aromatic nitrogens is 1. The normalized spacial score (nSPS) is 9.83. The predicted molar refractivity (Wildman–Crippen MR) is 44.5 cm³/mol. The summed E-state index contributed by atoms with van der Waals surface area (Å²) in [4.78, 5) is 13.6. The smallest absolute Gasteiger partial charge is 0.286 e. The van der Waals surface area contributed by atoms with Gasteiger partial charge in [-0.3, -0.25) is 15.1 Å². The van der Waals surface area contributed by atoms with E-state index in [1.165, 1.54) is 12.3 Å². The van der Waals surface area contributed by atoms with Crippen molar-refractivity contribution in [2.45, 2.75) is 6.61 Å². The maximum atomic E-state index is 10.4. The van der Waals surface area contributed by atoms with Crippen LogP contribution in [0.2, 0.25) is 0 Å². The molecule has 1 aromatic rings. The van der Waals surface area contributed by atoms with E-state index in [9.17, 15) is 10.1 Å². The zero-order valence-electron chi connectivity index (χ0n) is 5.90. The molecule has 1 N–H and O–H groups in total. The van der Waals surface area contributed by atoms with Gasteiger partial charge in [-0.05, 0) is 15.9 Å². The molecule has 0 spiro atoms. The predicted octanol–water partition coefficient (Wildman–Crippen LogP) is 1.24. The Kier molecular flexibility index (Phi) is 2.72. The van der Waals surface area contributed by atoms with Gasteiger partial charge >= 0.3 is 0 Å². The van der Waals surface area contributed by atoms with E-state index in [0.29, 0.717) is 4.47 Å². The molecule has 64 valence electrons. The number of halogens is 1. The van der Waals surface area contributed by atoms with Crippen molar-refractivity contribution < 1.29 is 10.0 Å². The molecule has 0 fully saturated rings. The lowest BCUT2D eigenvalue weighted by Gasteiger charge is -1.96. The third-order valence-electron chi connectivity index (χ3n) is 1.25. The first-order valence-corrected chi connectivity index (χ1v) is 3.84. The average Bonchev–Trinajstić information content (AvgIpc) is 2.05. The van der Waals surface area contributed by atoms with Crippen molar-refractivity contribution in [1.29, 1.82) is 0 Å². The molecule has 6 heteroatoms. The Hall–Kier alpha value is -1.01. The number of aliphatic hydroxyl groups excluding tert-OH is 1. The van der Waals surface area contributed by atoms with Crippen LogP contribution in [0, 0.1) is 10.1 Å². The highest BCUT2D eigenvalue weighted by Crippen LogP contribution is 2.23. The molecule has 1 heterocycles. The SMILES string of the molecule is O=[N+]([O-])c1cc(CO)ncc1Br. The van der Waals surface area contributed by atoms with E-state index in [4.69, 9.17) is 5.11 Å². The summed E-state index contributed by atoms with van der Waals surface area (Å²) in [5.41, 5.74) is 0.193. The second-order valence-electron chi connectivity index (χ2n) is 2.04. The molecular weight excluding hydrogens is 228 g/mol. The molecule has 0 unspecified atom stereocenters. The number of nitro groups is 1. The lowest BCUT2D eigenvalue weighted by molar-refractivity contribution is -0.385. The van der Waals surface area contributed by atoms with Gasteiger partial charge in [0.15, 0.2) is 0 Å². The van der Waals surface area contributed by atoms with Crippen LogP contribution >= 0.6 is 15.9 Å².